The Bertz CT molecular complexity index is 736. The van der Waals surface area contributed by atoms with Crippen LogP contribution >= 0.6 is 0 Å². The molecule has 27 heavy (non-hydrogen) atoms. The number of nitrogens with zero attached hydrogens (tertiary/aromatic N) is 6. The van der Waals surface area contributed by atoms with E-state index in [1.54, 1.807) is 7.11 Å². The van der Waals surface area contributed by atoms with Crippen LogP contribution < -0.4 is 4.90 Å². The zero-order chi connectivity index (χ0) is 19.4. The first kappa shape index (κ1) is 19.8. The van der Waals surface area contributed by atoms with Gasteiger partial charge < -0.3 is 9.64 Å². The Morgan fingerprint density at radius 3 is 2.52 bits per heavy atom. The average Bonchev–Trinajstić information content (AvgIpc) is 3.10. The van der Waals surface area contributed by atoms with Crippen molar-refractivity contribution in [3.05, 3.63) is 35.2 Å². The summed E-state index contributed by atoms with van der Waals surface area (Å²) in [6.45, 7) is 14.2. The van der Waals surface area contributed by atoms with Gasteiger partial charge in [0.25, 0.3) is 0 Å². The van der Waals surface area contributed by atoms with Gasteiger partial charge in [0.15, 0.2) is 5.82 Å². The number of ether oxygens (including phenoxy) is 1. The topological polar surface area (TPSA) is 59.3 Å². The molecule has 0 saturated carbocycles. The standard InChI is InChI=1S/C20H32N6O/c1-15(2)19(20-21-22-23-26(20)12-13-27-5)25-10-8-24(9-11-25)18-14-16(3)6-7-17(18)4/h6-7,14-15,19H,8-13H2,1-5H3/t19-/m0/s1. The minimum Gasteiger partial charge on any atom is -0.383 e. The van der Waals surface area contributed by atoms with E-state index in [0.717, 1.165) is 32.0 Å². The van der Waals surface area contributed by atoms with Crippen molar-refractivity contribution >= 4 is 5.69 Å². The van der Waals surface area contributed by atoms with Crippen molar-refractivity contribution in [2.24, 2.45) is 5.92 Å². The minimum atomic E-state index is 0.220. The quantitative estimate of drug-likeness (QED) is 0.744. The van der Waals surface area contributed by atoms with E-state index in [9.17, 15) is 0 Å². The predicted molar refractivity (Wildman–Crippen MR) is 107 cm³/mol. The van der Waals surface area contributed by atoms with Crippen LogP contribution in [0.4, 0.5) is 5.69 Å². The van der Waals surface area contributed by atoms with Gasteiger partial charge in [-0.25, -0.2) is 4.68 Å². The lowest BCUT2D eigenvalue weighted by molar-refractivity contribution is 0.129. The zero-order valence-corrected chi connectivity index (χ0v) is 17.2. The Balaban J connectivity index is 1.73. The third-order valence-electron chi connectivity index (χ3n) is 5.38. The molecule has 0 amide bonds. The number of aromatic nitrogens is 4. The van der Waals surface area contributed by atoms with E-state index >= 15 is 0 Å². The van der Waals surface area contributed by atoms with Crippen LogP contribution in [0.5, 0.6) is 0 Å². The Labute approximate surface area is 162 Å². The number of anilines is 1. The normalized spacial score (nSPS) is 16.9. The summed E-state index contributed by atoms with van der Waals surface area (Å²) in [6, 6.07) is 6.93. The average molecular weight is 373 g/mol. The monoisotopic (exact) mass is 372 g/mol. The van der Waals surface area contributed by atoms with Crippen LogP contribution in [0.15, 0.2) is 18.2 Å². The molecule has 1 aromatic heterocycles. The molecule has 1 fully saturated rings. The molecule has 7 heteroatoms. The maximum absolute atomic E-state index is 5.20. The van der Waals surface area contributed by atoms with Crippen LogP contribution in [0, 0.1) is 19.8 Å². The van der Waals surface area contributed by atoms with Crippen molar-refractivity contribution in [2.45, 2.75) is 40.3 Å². The van der Waals surface area contributed by atoms with Gasteiger partial charge >= 0.3 is 0 Å². The van der Waals surface area contributed by atoms with E-state index in [1.807, 2.05) is 4.68 Å². The van der Waals surface area contributed by atoms with Gasteiger partial charge in [-0.3, -0.25) is 4.90 Å². The highest BCUT2D eigenvalue weighted by atomic mass is 16.5. The molecule has 1 aliphatic rings. The number of methoxy groups -OCH3 is 1. The van der Waals surface area contributed by atoms with Crippen molar-refractivity contribution in [1.82, 2.24) is 25.1 Å². The summed E-state index contributed by atoms with van der Waals surface area (Å²) in [5.41, 5.74) is 4.02. The molecule has 1 atom stereocenters. The summed E-state index contributed by atoms with van der Waals surface area (Å²) in [5, 5.41) is 12.5. The van der Waals surface area contributed by atoms with Crippen molar-refractivity contribution in [3.8, 4) is 0 Å². The smallest absolute Gasteiger partial charge is 0.168 e. The molecule has 1 aromatic carbocycles. The second kappa shape index (κ2) is 8.80. The van der Waals surface area contributed by atoms with E-state index < -0.39 is 0 Å². The number of piperazine rings is 1. The van der Waals surface area contributed by atoms with Crippen LogP contribution in [0.3, 0.4) is 0 Å². The molecule has 1 aliphatic heterocycles. The van der Waals surface area contributed by atoms with Gasteiger partial charge in [-0.05, 0) is 47.4 Å². The van der Waals surface area contributed by atoms with E-state index in [0.29, 0.717) is 19.1 Å². The summed E-state index contributed by atoms with van der Waals surface area (Å²) in [6.07, 6.45) is 0. The Morgan fingerprint density at radius 1 is 1.11 bits per heavy atom. The van der Waals surface area contributed by atoms with Gasteiger partial charge in [-0.15, -0.1) is 5.10 Å². The third kappa shape index (κ3) is 4.47. The van der Waals surface area contributed by atoms with Gasteiger partial charge in [-0.1, -0.05) is 26.0 Å². The zero-order valence-electron chi connectivity index (χ0n) is 17.2. The van der Waals surface area contributed by atoms with Gasteiger partial charge in [0.2, 0.25) is 0 Å². The van der Waals surface area contributed by atoms with Crippen LogP contribution in [0.1, 0.15) is 36.8 Å². The molecule has 3 rings (SSSR count). The fourth-order valence-electron chi connectivity index (χ4n) is 3.94. The molecule has 0 aliphatic carbocycles. The second-order valence-electron chi connectivity index (χ2n) is 7.75. The molecule has 0 bridgehead atoms. The van der Waals surface area contributed by atoms with Gasteiger partial charge in [0.05, 0.1) is 19.2 Å². The Hall–Kier alpha value is -1.99. The number of rotatable bonds is 7. The second-order valence-corrected chi connectivity index (χ2v) is 7.75. The number of benzene rings is 1. The van der Waals surface area contributed by atoms with Gasteiger partial charge in [-0.2, -0.15) is 0 Å². The summed E-state index contributed by atoms with van der Waals surface area (Å²) in [4.78, 5) is 5.03. The van der Waals surface area contributed by atoms with Crippen LogP contribution in [0.2, 0.25) is 0 Å². The SMILES string of the molecule is COCCn1nnnc1[C@H](C(C)C)N1CCN(c2cc(C)ccc2C)CC1. The molecule has 0 unspecified atom stereocenters. The molecule has 7 nitrogen and oxygen atoms in total. The molecular weight excluding hydrogens is 340 g/mol. The summed E-state index contributed by atoms with van der Waals surface area (Å²) in [5.74, 6) is 1.38. The van der Waals surface area contributed by atoms with Crippen molar-refractivity contribution in [3.63, 3.8) is 0 Å². The summed E-state index contributed by atoms with van der Waals surface area (Å²) >= 11 is 0. The van der Waals surface area contributed by atoms with Crippen molar-refractivity contribution in [2.75, 3.05) is 44.8 Å². The maximum atomic E-state index is 5.20. The van der Waals surface area contributed by atoms with Crippen molar-refractivity contribution < 1.29 is 4.74 Å². The lowest BCUT2D eigenvalue weighted by atomic mass is 10.00. The first-order valence-corrected chi connectivity index (χ1v) is 9.82. The Morgan fingerprint density at radius 2 is 1.85 bits per heavy atom. The van der Waals surface area contributed by atoms with E-state index in [4.69, 9.17) is 4.74 Å². The molecule has 0 N–H and O–H groups in total. The molecule has 2 heterocycles. The maximum Gasteiger partial charge on any atom is 0.168 e. The first-order valence-electron chi connectivity index (χ1n) is 9.82. The molecule has 1 saturated heterocycles. The van der Waals surface area contributed by atoms with E-state index in [2.05, 4.69) is 71.2 Å². The molecule has 2 aromatic rings. The minimum absolute atomic E-state index is 0.220. The number of tetrazole rings is 1. The van der Waals surface area contributed by atoms with Crippen LogP contribution in [-0.2, 0) is 11.3 Å². The fourth-order valence-corrected chi connectivity index (χ4v) is 3.94. The van der Waals surface area contributed by atoms with Gasteiger partial charge in [0, 0.05) is 39.0 Å². The highest BCUT2D eigenvalue weighted by molar-refractivity contribution is 5.55. The largest absolute Gasteiger partial charge is 0.383 e. The molecule has 0 spiro atoms. The van der Waals surface area contributed by atoms with E-state index in [-0.39, 0.29) is 6.04 Å². The number of hydrogen-bond acceptors (Lipinski definition) is 6. The van der Waals surface area contributed by atoms with Crippen LogP contribution in [0.25, 0.3) is 0 Å². The Kier molecular flexibility index (Phi) is 6.44. The predicted octanol–water partition coefficient (Wildman–Crippen LogP) is 2.46. The lowest BCUT2D eigenvalue weighted by Gasteiger charge is -2.41. The molecule has 0 radical (unpaired) electrons. The lowest BCUT2D eigenvalue weighted by Crippen LogP contribution is -2.49. The summed E-state index contributed by atoms with van der Waals surface area (Å²) in [7, 11) is 1.70. The molecule has 148 valence electrons. The van der Waals surface area contributed by atoms with Gasteiger partial charge in [0.1, 0.15) is 0 Å². The fraction of sp³-hybridized carbons (Fsp3) is 0.650. The number of hydrogen-bond donors (Lipinski definition) is 0. The highest BCUT2D eigenvalue weighted by Crippen LogP contribution is 2.30. The summed E-state index contributed by atoms with van der Waals surface area (Å²) < 4.78 is 7.10. The van der Waals surface area contributed by atoms with E-state index in [1.165, 1.54) is 16.8 Å². The first-order chi connectivity index (χ1) is 13.0. The highest BCUT2D eigenvalue weighted by Gasteiger charge is 2.31. The van der Waals surface area contributed by atoms with Crippen molar-refractivity contribution in [1.29, 1.82) is 0 Å². The van der Waals surface area contributed by atoms with Crippen LogP contribution in [-0.4, -0.2) is 65.0 Å². The number of aryl methyl sites for hydroxylation is 2. The molecular formula is C20H32N6O. The third-order valence-corrected chi connectivity index (χ3v) is 5.38.